The molecule has 0 aromatic carbocycles. The summed E-state index contributed by atoms with van der Waals surface area (Å²) in [6.07, 6.45) is 34.1. The van der Waals surface area contributed by atoms with Crippen LogP contribution in [0.4, 0.5) is 0 Å². The average Bonchev–Trinajstić information content (AvgIpc) is 3.36. The van der Waals surface area contributed by atoms with E-state index in [2.05, 4.69) is 24.0 Å². The van der Waals surface area contributed by atoms with Gasteiger partial charge in [0.2, 0.25) is 0 Å². The maximum atomic E-state index is 4.38. The molecule has 1 rings (SSSR count). The van der Waals surface area contributed by atoms with Crippen LogP contribution in [0.15, 0.2) is 8.68 Å². The Labute approximate surface area is 251 Å². The van der Waals surface area contributed by atoms with Crippen molar-refractivity contribution in [2.45, 2.75) is 177 Å². The van der Waals surface area contributed by atoms with Gasteiger partial charge in [0.15, 0.2) is 8.68 Å². The lowest BCUT2D eigenvalue weighted by Gasteiger charge is -2.02. The summed E-state index contributed by atoms with van der Waals surface area (Å²) in [6.45, 7) is 4.59. The van der Waals surface area contributed by atoms with Gasteiger partial charge in [0.1, 0.15) is 0 Å². The highest BCUT2D eigenvalue weighted by molar-refractivity contribution is 8.77. The van der Waals surface area contributed by atoms with Crippen LogP contribution >= 0.6 is 54.5 Å². The van der Waals surface area contributed by atoms with E-state index in [1.54, 1.807) is 11.3 Å². The Morgan fingerprint density at radius 2 is 0.676 bits per heavy atom. The molecular formula is C30H58N2S5. The van der Waals surface area contributed by atoms with Crippen LogP contribution in [0.3, 0.4) is 0 Å². The first-order chi connectivity index (χ1) is 18.4. The second kappa shape index (κ2) is 29.9. The van der Waals surface area contributed by atoms with Gasteiger partial charge in [-0.15, -0.1) is 10.2 Å². The van der Waals surface area contributed by atoms with Gasteiger partial charge in [0.25, 0.3) is 0 Å². The van der Waals surface area contributed by atoms with Gasteiger partial charge in [-0.25, -0.2) is 0 Å². The topological polar surface area (TPSA) is 25.8 Å². The third kappa shape index (κ3) is 25.7. The lowest BCUT2D eigenvalue weighted by atomic mass is 10.1. The molecule has 0 aliphatic carbocycles. The highest BCUT2D eigenvalue weighted by Crippen LogP contribution is 2.39. The maximum Gasteiger partial charge on any atom is 0.185 e. The standard InChI is InChI=1S/C30H58N2S5/c1-3-5-7-9-11-13-15-17-19-21-23-25-27-33-36-29-31-32-30(35-29)37-34-28-26-24-22-20-18-16-14-12-10-8-6-4-2/h3-28H2,1-2H3. The summed E-state index contributed by atoms with van der Waals surface area (Å²) in [7, 11) is 7.57. The molecule has 2 nitrogen and oxygen atoms in total. The fourth-order valence-corrected chi connectivity index (χ4v) is 10.3. The molecular weight excluding hydrogens is 549 g/mol. The molecule has 0 atom stereocenters. The SMILES string of the molecule is CCCCCCCCCCCCCCSSc1nnc(SSCCCCCCCCCCCCCC)s1. The Kier molecular flexibility index (Phi) is 29.1. The molecule has 7 heteroatoms. The third-order valence-electron chi connectivity index (χ3n) is 6.81. The van der Waals surface area contributed by atoms with E-state index >= 15 is 0 Å². The van der Waals surface area contributed by atoms with E-state index < -0.39 is 0 Å². The van der Waals surface area contributed by atoms with Crippen molar-refractivity contribution in [1.82, 2.24) is 10.2 Å². The van der Waals surface area contributed by atoms with Crippen molar-refractivity contribution in [2.24, 2.45) is 0 Å². The second-order valence-corrected chi connectivity index (χ2v) is 16.7. The zero-order valence-electron chi connectivity index (χ0n) is 24.3. The Morgan fingerprint density at radius 3 is 0.973 bits per heavy atom. The zero-order valence-corrected chi connectivity index (χ0v) is 28.4. The Hall–Kier alpha value is 0.960. The largest absolute Gasteiger partial charge is 0.185 e. The minimum absolute atomic E-state index is 1.12. The molecule has 0 N–H and O–H groups in total. The first-order valence-corrected chi connectivity index (χ1v) is 21.2. The van der Waals surface area contributed by atoms with Crippen LogP contribution in [0.1, 0.15) is 168 Å². The molecule has 0 amide bonds. The molecule has 0 unspecified atom stereocenters. The molecule has 218 valence electrons. The van der Waals surface area contributed by atoms with E-state index in [0.29, 0.717) is 0 Å². The number of unbranched alkanes of at least 4 members (excludes halogenated alkanes) is 22. The number of nitrogens with zero attached hydrogens (tertiary/aromatic N) is 2. The lowest BCUT2D eigenvalue weighted by molar-refractivity contribution is 0.548. The molecule has 1 aromatic rings. The van der Waals surface area contributed by atoms with Crippen molar-refractivity contribution in [3.8, 4) is 0 Å². The van der Waals surface area contributed by atoms with Gasteiger partial charge < -0.3 is 0 Å². The fourth-order valence-electron chi connectivity index (χ4n) is 4.45. The van der Waals surface area contributed by atoms with Crippen LogP contribution in [-0.2, 0) is 0 Å². The minimum atomic E-state index is 1.12. The van der Waals surface area contributed by atoms with Gasteiger partial charge in [-0.05, 0) is 34.4 Å². The lowest BCUT2D eigenvalue weighted by Crippen LogP contribution is -1.83. The van der Waals surface area contributed by atoms with Crippen LogP contribution < -0.4 is 0 Å². The van der Waals surface area contributed by atoms with Crippen LogP contribution in [0.2, 0.25) is 0 Å². The summed E-state index contributed by atoms with van der Waals surface area (Å²) < 4.78 is 2.25. The molecule has 0 saturated carbocycles. The Balaban J connectivity index is 1.81. The number of hydrogen-bond acceptors (Lipinski definition) is 7. The maximum absolute atomic E-state index is 4.38. The van der Waals surface area contributed by atoms with Gasteiger partial charge in [0, 0.05) is 11.5 Å². The molecule has 1 heterocycles. The van der Waals surface area contributed by atoms with Gasteiger partial charge in [-0.3, -0.25) is 0 Å². The summed E-state index contributed by atoms with van der Waals surface area (Å²) in [5.41, 5.74) is 0. The molecule has 0 spiro atoms. The number of rotatable bonds is 30. The molecule has 1 aromatic heterocycles. The van der Waals surface area contributed by atoms with Crippen LogP contribution in [0, 0.1) is 0 Å². The number of hydrogen-bond donors (Lipinski definition) is 0. The van der Waals surface area contributed by atoms with Crippen molar-refractivity contribution in [2.75, 3.05) is 11.5 Å². The molecule has 0 bridgehead atoms. The first-order valence-electron chi connectivity index (χ1n) is 15.8. The van der Waals surface area contributed by atoms with Crippen molar-refractivity contribution < 1.29 is 0 Å². The molecule has 0 fully saturated rings. The van der Waals surface area contributed by atoms with E-state index in [0.717, 1.165) is 8.68 Å². The molecule has 0 radical (unpaired) electrons. The van der Waals surface area contributed by atoms with Crippen LogP contribution in [0.25, 0.3) is 0 Å². The smallest absolute Gasteiger partial charge is 0.130 e. The van der Waals surface area contributed by atoms with E-state index in [1.165, 1.54) is 166 Å². The first kappa shape index (κ1) is 36.0. The summed E-state index contributed by atoms with van der Waals surface area (Å²) >= 11 is 1.77. The quantitative estimate of drug-likeness (QED) is 0.0638. The van der Waals surface area contributed by atoms with Crippen molar-refractivity contribution in [1.29, 1.82) is 0 Å². The number of aromatic nitrogens is 2. The third-order valence-corrected chi connectivity index (χ3v) is 13.2. The highest BCUT2D eigenvalue weighted by Gasteiger charge is 2.06. The second-order valence-electron chi connectivity index (χ2n) is 10.4. The monoisotopic (exact) mass is 606 g/mol. The van der Waals surface area contributed by atoms with Gasteiger partial charge >= 0.3 is 0 Å². The molecule has 37 heavy (non-hydrogen) atoms. The summed E-state index contributed by atoms with van der Waals surface area (Å²) in [4.78, 5) is 0. The van der Waals surface area contributed by atoms with Crippen LogP contribution in [0.5, 0.6) is 0 Å². The molecule has 0 saturated heterocycles. The highest BCUT2D eigenvalue weighted by atomic mass is 33.1. The summed E-state index contributed by atoms with van der Waals surface area (Å²) in [5.74, 6) is 2.47. The summed E-state index contributed by atoms with van der Waals surface area (Å²) in [6, 6.07) is 0. The fraction of sp³-hybridized carbons (Fsp3) is 0.933. The van der Waals surface area contributed by atoms with E-state index in [1.807, 2.05) is 43.2 Å². The molecule has 0 aliphatic heterocycles. The van der Waals surface area contributed by atoms with Gasteiger partial charge in [-0.2, -0.15) is 0 Å². The summed E-state index contributed by atoms with van der Waals surface area (Å²) in [5, 5.41) is 8.75. The van der Waals surface area contributed by atoms with E-state index in [4.69, 9.17) is 0 Å². The zero-order chi connectivity index (χ0) is 26.5. The van der Waals surface area contributed by atoms with Gasteiger partial charge in [-0.1, -0.05) is 188 Å². The van der Waals surface area contributed by atoms with E-state index in [-0.39, 0.29) is 0 Å². The van der Waals surface area contributed by atoms with Gasteiger partial charge in [0.05, 0.1) is 0 Å². The average molecular weight is 607 g/mol. The predicted octanol–water partition coefficient (Wildman–Crippen LogP) is 13.4. The minimum Gasteiger partial charge on any atom is -0.130 e. The van der Waals surface area contributed by atoms with Crippen molar-refractivity contribution in [3.63, 3.8) is 0 Å². The Morgan fingerprint density at radius 1 is 0.405 bits per heavy atom. The normalized spacial score (nSPS) is 11.5. The Bertz CT molecular complexity index is 523. The predicted molar refractivity (Wildman–Crippen MR) is 179 cm³/mol. The van der Waals surface area contributed by atoms with Crippen molar-refractivity contribution in [3.05, 3.63) is 0 Å². The van der Waals surface area contributed by atoms with E-state index in [9.17, 15) is 0 Å². The van der Waals surface area contributed by atoms with Crippen molar-refractivity contribution >= 4 is 54.5 Å². The van der Waals surface area contributed by atoms with Crippen LogP contribution in [-0.4, -0.2) is 21.7 Å². The molecule has 0 aliphatic rings.